The Labute approximate surface area is 226 Å². The van der Waals surface area contributed by atoms with Crippen LogP contribution in [0, 0.1) is 0 Å². The van der Waals surface area contributed by atoms with E-state index in [0.717, 1.165) is 22.2 Å². The lowest BCUT2D eigenvalue weighted by atomic mass is 9.96. The van der Waals surface area contributed by atoms with Crippen LogP contribution in [-0.4, -0.2) is 65.2 Å². The Morgan fingerprint density at radius 2 is 1.74 bits per heavy atom. The van der Waals surface area contributed by atoms with Crippen LogP contribution < -0.4 is 0 Å². The number of phenolic OH excluding ortho intramolecular Hbond substituents is 1. The molecule has 10 heteroatoms. The molecule has 0 saturated carbocycles. The van der Waals surface area contributed by atoms with Crippen LogP contribution in [0.1, 0.15) is 48.4 Å². The predicted molar refractivity (Wildman–Crippen MR) is 150 cm³/mol. The molecule has 0 aliphatic carbocycles. The first-order valence-electron chi connectivity index (χ1n) is 11.0. The van der Waals surface area contributed by atoms with Crippen molar-refractivity contribution < 1.29 is 14.6 Å². The molecule has 0 bridgehead atoms. The molecule has 2 heterocycles. The molecule has 3 rings (SSSR count). The number of benzene rings is 1. The smallest absolute Gasteiger partial charge is 0.340 e. The van der Waals surface area contributed by atoms with Gasteiger partial charge in [0.1, 0.15) is 5.75 Å². The van der Waals surface area contributed by atoms with Crippen LogP contribution in [0.15, 0.2) is 30.6 Å². The van der Waals surface area contributed by atoms with Crippen LogP contribution in [-0.2, 0) is 17.8 Å². The molecule has 196 valence electrons. The Morgan fingerprint density at radius 3 is 2.23 bits per heavy atom. The van der Waals surface area contributed by atoms with Gasteiger partial charge in [0, 0.05) is 59.3 Å². The third kappa shape index (κ3) is 6.80. The number of hydrogen-bond donors (Lipinski definition) is 1. The van der Waals surface area contributed by atoms with Gasteiger partial charge in [-0.25, -0.2) is 4.79 Å². The molecule has 3 aromatic rings. The summed E-state index contributed by atoms with van der Waals surface area (Å²) in [5.41, 5.74) is 4.58. The summed E-state index contributed by atoms with van der Waals surface area (Å²) >= 11 is 0. The number of fused-ring (bicyclic) bond motifs is 1. The molecule has 0 radical (unpaired) electrons. The maximum absolute atomic E-state index is 13.2. The zero-order valence-corrected chi connectivity index (χ0v) is 23.8. The van der Waals surface area contributed by atoms with Gasteiger partial charge >= 0.3 is 5.97 Å². The summed E-state index contributed by atoms with van der Waals surface area (Å²) < 4.78 is 7.68. The lowest BCUT2D eigenvalue weighted by molar-refractivity contribution is 0.0526. The minimum atomic E-state index is -0.359. The number of phenols is 1. The van der Waals surface area contributed by atoms with Gasteiger partial charge in [-0.1, -0.05) is 6.07 Å². The Bertz CT molecular complexity index is 1120. The van der Waals surface area contributed by atoms with Gasteiger partial charge in [0.2, 0.25) is 0 Å². The molecular formula is C25H37Cl3N4O3. The van der Waals surface area contributed by atoms with E-state index in [1.165, 1.54) is 0 Å². The molecule has 0 atom stereocenters. The van der Waals surface area contributed by atoms with Crippen LogP contribution >= 0.6 is 37.2 Å². The van der Waals surface area contributed by atoms with Gasteiger partial charge in [0.25, 0.3) is 0 Å². The van der Waals surface area contributed by atoms with E-state index in [9.17, 15) is 9.90 Å². The van der Waals surface area contributed by atoms with E-state index in [-0.39, 0.29) is 61.6 Å². The molecule has 35 heavy (non-hydrogen) atoms. The third-order valence-electron chi connectivity index (χ3n) is 5.38. The summed E-state index contributed by atoms with van der Waals surface area (Å²) in [6.45, 7) is 7.37. The Kier molecular flexibility index (Phi) is 13.1. The molecule has 1 N–H and O–H groups in total. The number of nitrogens with zero attached hydrogens (tertiary/aromatic N) is 4. The molecule has 0 unspecified atom stereocenters. The molecule has 7 nitrogen and oxygen atoms in total. The highest BCUT2D eigenvalue weighted by molar-refractivity contribution is 6.09. The lowest BCUT2D eigenvalue weighted by Crippen LogP contribution is -2.19. The van der Waals surface area contributed by atoms with Gasteiger partial charge in [-0.2, -0.15) is 0 Å². The topological polar surface area (TPSA) is 70.8 Å². The van der Waals surface area contributed by atoms with Crippen molar-refractivity contribution in [2.75, 3.05) is 34.8 Å². The van der Waals surface area contributed by atoms with Gasteiger partial charge in [0.05, 0.1) is 17.7 Å². The number of rotatable bonds is 8. The van der Waals surface area contributed by atoms with Crippen molar-refractivity contribution in [1.82, 2.24) is 19.4 Å². The lowest BCUT2D eigenvalue weighted by Gasteiger charge is -2.19. The van der Waals surface area contributed by atoms with Gasteiger partial charge in [0.15, 0.2) is 0 Å². The zero-order valence-electron chi connectivity index (χ0n) is 21.4. The Morgan fingerprint density at radius 1 is 1.11 bits per heavy atom. The number of pyridine rings is 1. The largest absolute Gasteiger partial charge is 0.507 e. The molecule has 0 aliphatic rings. The summed E-state index contributed by atoms with van der Waals surface area (Å²) in [6, 6.07) is 5.87. The number of aromatic hydroxyl groups is 1. The average Bonchev–Trinajstić information content (AvgIpc) is 3.03. The third-order valence-corrected chi connectivity index (χ3v) is 5.38. The van der Waals surface area contributed by atoms with Crippen molar-refractivity contribution in [3.05, 3.63) is 47.4 Å². The molecule has 0 fully saturated rings. The molecule has 0 spiro atoms. The maximum atomic E-state index is 13.2. The normalized spacial score (nSPS) is 10.8. The fraction of sp³-hybridized carbons (Fsp3) is 0.440. The minimum Gasteiger partial charge on any atom is -0.507 e. The van der Waals surface area contributed by atoms with Crippen molar-refractivity contribution >= 4 is 54.1 Å². The van der Waals surface area contributed by atoms with Crippen molar-refractivity contribution in [1.29, 1.82) is 0 Å². The van der Waals surface area contributed by atoms with Crippen molar-refractivity contribution in [2.24, 2.45) is 0 Å². The van der Waals surface area contributed by atoms with Crippen LogP contribution in [0.5, 0.6) is 5.75 Å². The molecule has 0 amide bonds. The number of halogens is 3. The van der Waals surface area contributed by atoms with Gasteiger partial charge < -0.3 is 24.2 Å². The second-order valence-electron chi connectivity index (χ2n) is 8.87. The van der Waals surface area contributed by atoms with Gasteiger partial charge in [-0.3, -0.25) is 4.98 Å². The number of carbonyl (C=O) groups excluding carboxylic acids is 1. The van der Waals surface area contributed by atoms with E-state index >= 15 is 0 Å². The van der Waals surface area contributed by atoms with Crippen LogP contribution in [0.2, 0.25) is 0 Å². The summed E-state index contributed by atoms with van der Waals surface area (Å²) in [7, 11) is 7.87. The van der Waals surface area contributed by atoms with E-state index in [4.69, 9.17) is 4.74 Å². The summed E-state index contributed by atoms with van der Waals surface area (Å²) in [5.74, 6) is -0.190. The van der Waals surface area contributed by atoms with Crippen LogP contribution in [0.3, 0.4) is 0 Å². The SMILES string of the molecule is CCOC(=O)c1c(CN(C)C)n(C(C)C)c2cc(-c3cccnc3)c(O)c(CN(C)C)c12.Cl.Cl.Cl. The fourth-order valence-electron chi connectivity index (χ4n) is 4.27. The van der Waals surface area contributed by atoms with E-state index < -0.39 is 0 Å². The first-order chi connectivity index (χ1) is 15.2. The molecule has 0 saturated heterocycles. The zero-order chi connectivity index (χ0) is 23.6. The Balaban J connectivity index is 0.00000385. The second-order valence-corrected chi connectivity index (χ2v) is 8.87. The van der Waals surface area contributed by atoms with Crippen molar-refractivity contribution in [2.45, 2.75) is 39.9 Å². The number of aromatic nitrogens is 2. The van der Waals surface area contributed by atoms with E-state index in [1.807, 2.05) is 63.1 Å². The first kappa shape index (κ1) is 33.0. The first-order valence-corrected chi connectivity index (χ1v) is 11.0. The van der Waals surface area contributed by atoms with E-state index in [0.29, 0.717) is 29.8 Å². The van der Waals surface area contributed by atoms with Crippen molar-refractivity contribution in [3.63, 3.8) is 0 Å². The van der Waals surface area contributed by atoms with E-state index in [1.54, 1.807) is 12.4 Å². The van der Waals surface area contributed by atoms with E-state index in [2.05, 4.69) is 23.4 Å². The van der Waals surface area contributed by atoms with Crippen LogP contribution in [0.4, 0.5) is 0 Å². The highest BCUT2D eigenvalue weighted by Crippen LogP contribution is 2.43. The quantitative estimate of drug-likeness (QED) is 0.373. The summed E-state index contributed by atoms with van der Waals surface area (Å²) in [6.07, 6.45) is 3.46. The van der Waals surface area contributed by atoms with Crippen molar-refractivity contribution in [3.8, 4) is 16.9 Å². The molecule has 0 aliphatic heterocycles. The van der Waals surface area contributed by atoms with Gasteiger partial charge in [-0.05, 0) is 61.1 Å². The van der Waals surface area contributed by atoms with Crippen LogP contribution in [0.25, 0.3) is 22.0 Å². The molecular weight excluding hydrogens is 511 g/mol. The Hall–Kier alpha value is -2.03. The monoisotopic (exact) mass is 546 g/mol. The standard InChI is InChI=1S/C25H34N4O3.3ClH/c1-8-32-25(31)23-21(15-28(6)7)29(16(2)3)20-12-18(17-10-9-11-26-13-17)24(30)19(22(20)23)14-27(4)5;;;/h9-13,16,30H,8,14-15H2,1-7H3;3*1H. The molecule has 1 aromatic carbocycles. The highest BCUT2D eigenvalue weighted by atomic mass is 35.5. The number of esters is 1. The summed E-state index contributed by atoms with van der Waals surface area (Å²) in [5, 5.41) is 12.2. The fourth-order valence-corrected chi connectivity index (χ4v) is 4.27. The minimum absolute atomic E-state index is 0. The highest BCUT2D eigenvalue weighted by Gasteiger charge is 2.30. The predicted octanol–water partition coefficient (Wildman–Crippen LogP) is 5.56. The number of ether oxygens (including phenoxy) is 1. The summed E-state index contributed by atoms with van der Waals surface area (Å²) in [4.78, 5) is 21.5. The molecule has 2 aromatic heterocycles. The number of carbonyl (C=O) groups is 1. The maximum Gasteiger partial charge on any atom is 0.340 e. The second kappa shape index (κ2) is 13.9. The number of hydrogen-bond acceptors (Lipinski definition) is 6. The average molecular weight is 548 g/mol. The van der Waals surface area contributed by atoms with Gasteiger partial charge in [-0.15, -0.1) is 37.2 Å².